The van der Waals surface area contributed by atoms with Crippen LogP contribution in [0.1, 0.15) is 32.1 Å². The van der Waals surface area contributed by atoms with Crippen LogP contribution in [0.3, 0.4) is 0 Å². The second kappa shape index (κ2) is 4.80. The number of primary amides is 1. The smallest absolute Gasteiger partial charge is 0.404 e. The molecule has 0 spiro atoms. The molecule has 2 N–H and O–H groups in total. The topological polar surface area (TPSA) is 52.3 Å². The van der Waals surface area contributed by atoms with Crippen molar-refractivity contribution in [3.05, 3.63) is 12.2 Å². The summed E-state index contributed by atoms with van der Waals surface area (Å²) in [7, 11) is 0. The lowest BCUT2D eigenvalue weighted by Crippen LogP contribution is -2.22. The third kappa shape index (κ3) is 3.42. The molecule has 1 amide bonds. The van der Waals surface area contributed by atoms with Gasteiger partial charge in [-0.25, -0.2) is 4.79 Å². The zero-order chi connectivity index (χ0) is 8.81. The van der Waals surface area contributed by atoms with Gasteiger partial charge in [-0.05, 0) is 32.1 Å². The Hall–Kier alpha value is -0.990. The van der Waals surface area contributed by atoms with E-state index in [0.717, 1.165) is 32.1 Å². The number of nitrogens with two attached hydrogens (primary N) is 1. The van der Waals surface area contributed by atoms with Gasteiger partial charge in [0.25, 0.3) is 0 Å². The van der Waals surface area contributed by atoms with Crippen molar-refractivity contribution in [1.82, 2.24) is 0 Å². The van der Waals surface area contributed by atoms with Gasteiger partial charge < -0.3 is 10.5 Å². The van der Waals surface area contributed by atoms with E-state index in [4.69, 9.17) is 10.5 Å². The van der Waals surface area contributed by atoms with Gasteiger partial charge in [0.05, 0.1) is 0 Å². The summed E-state index contributed by atoms with van der Waals surface area (Å²) < 4.78 is 4.93. The van der Waals surface area contributed by atoms with Crippen molar-refractivity contribution in [3.8, 4) is 0 Å². The third-order valence-electron chi connectivity index (χ3n) is 2.00. The van der Waals surface area contributed by atoms with Crippen molar-refractivity contribution >= 4 is 6.09 Å². The quantitative estimate of drug-likeness (QED) is 0.610. The van der Waals surface area contributed by atoms with E-state index < -0.39 is 6.09 Å². The van der Waals surface area contributed by atoms with Crippen LogP contribution >= 0.6 is 0 Å². The van der Waals surface area contributed by atoms with Gasteiger partial charge in [0.2, 0.25) is 0 Å². The van der Waals surface area contributed by atoms with Gasteiger partial charge in [-0.2, -0.15) is 0 Å². The minimum atomic E-state index is -0.649. The predicted molar refractivity (Wildman–Crippen MR) is 46.7 cm³/mol. The summed E-state index contributed by atoms with van der Waals surface area (Å²) in [5.41, 5.74) is 4.93. The number of carbonyl (C=O) groups excluding carboxylic acids is 1. The average molecular weight is 169 g/mol. The van der Waals surface area contributed by atoms with Gasteiger partial charge in [0, 0.05) is 0 Å². The predicted octanol–water partition coefficient (Wildman–Crippen LogP) is 1.97. The zero-order valence-corrected chi connectivity index (χ0v) is 7.16. The second-order valence-corrected chi connectivity index (χ2v) is 3.04. The fraction of sp³-hybridized carbons (Fsp3) is 0.667. The first-order chi connectivity index (χ1) is 5.79. The van der Waals surface area contributed by atoms with E-state index >= 15 is 0 Å². The molecule has 0 saturated heterocycles. The standard InChI is InChI=1S/C9H15NO2/c10-9(11)12-8-6-4-2-1-3-5-7-8/h1-2,8H,3-7H2,(H2,10,11)/b2-1+. The van der Waals surface area contributed by atoms with Crippen molar-refractivity contribution in [1.29, 1.82) is 0 Å². The fourth-order valence-corrected chi connectivity index (χ4v) is 1.41. The Morgan fingerprint density at radius 2 is 2.08 bits per heavy atom. The van der Waals surface area contributed by atoms with E-state index in [0.29, 0.717) is 0 Å². The summed E-state index contributed by atoms with van der Waals surface area (Å²) in [4.78, 5) is 10.4. The van der Waals surface area contributed by atoms with Crippen LogP contribution in [0, 0.1) is 0 Å². The Balaban J connectivity index is 2.32. The molecule has 1 rings (SSSR count). The molecule has 0 saturated carbocycles. The summed E-state index contributed by atoms with van der Waals surface area (Å²) in [5.74, 6) is 0. The number of hydrogen-bond acceptors (Lipinski definition) is 2. The molecule has 1 aliphatic rings. The molecule has 0 fully saturated rings. The molecule has 0 aromatic rings. The number of ether oxygens (including phenoxy) is 1. The normalized spacial score (nSPS) is 26.8. The van der Waals surface area contributed by atoms with Crippen LogP contribution in [0.2, 0.25) is 0 Å². The zero-order valence-electron chi connectivity index (χ0n) is 7.16. The molecule has 0 bridgehead atoms. The van der Waals surface area contributed by atoms with Gasteiger partial charge >= 0.3 is 6.09 Å². The van der Waals surface area contributed by atoms with Crippen LogP contribution in [-0.4, -0.2) is 12.2 Å². The Labute approximate surface area is 72.6 Å². The van der Waals surface area contributed by atoms with Crippen LogP contribution in [0.5, 0.6) is 0 Å². The summed E-state index contributed by atoms with van der Waals surface area (Å²) in [5, 5.41) is 0. The number of allylic oxidation sites excluding steroid dienone is 2. The molecule has 3 heteroatoms. The van der Waals surface area contributed by atoms with Crippen molar-refractivity contribution < 1.29 is 9.53 Å². The van der Waals surface area contributed by atoms with E-state index in [2.05, 4.69) is 12.2 Å². The maximum absolute atomic E-state index is 10.4. The van der Waals surface area contributed by atoms with Crippen molar-refractivity contribution in [2.75, 3.05) is 0 Å². The molecule has 1 aliphatic carbocycles. The monoisotopic (exact) mass is 169 g/mol. The van der Waals surface area contributed by atoms with Crippen LogP contribution < -0.4 is 5.73 Å². The molecule has 1 atom stereocenters. The summed E-state index contributed by atoms with van der Waals surface area (Å²) in [6.07, 6.45) is 8.69. The highest BCUT2D eigenvalue weighted by Crippen LogP contribution is 2.14. The van der Waals surface area contributed by atoms with E-state index in [1.54, 1.807) is 0 Å². The highest BCUT2D eigenvalue weighted by atomic mass is 16.6. The molecule has 0 heterocycles. The minimum Gasteiger partial charge on any atom is -0.446 e. The lowest BCUT2D eigenvalue weighted by Gasteiger charge is -2.16. The molecule has 0 aliphatic heterocycles. The summed E-state index contributed by atoms with van der Waals surface area (Å²) >= 11 is 0. The van der Waals surface area contributed by atoms with Crippen LogP contribution in [-0.2, 0) is 4.74 Å². The Morgan fingerprint density at radius 1 is 1.33 bits per heavy atom. The number of rotatable bonds is 1. The minimum absolute atomic E-state index is 0.0347. The molecule has 0 aromatic heterocycles. The van der Waals surface area contributed by atoms with E-state index in [1.807, 2.05) is 0 Å². The fourth-order valence-electron chi connectivity index (χ4n) is 1.41. The largest absolute Gasteiger partial charge is 0.446 e. The molecule has 1 unspecified atom stereocenters. The lowest BCUT2D eigenvalue weighted by molar-refractivity contribution is 0.0946. The van der Waals surface area contributed by atoms with Crippen LogP contribution in [0.4, 0.5) is 4.79 Å². The van der Waals surface area contributed by atoms with Gasteiger partial charge in [-0.1, -0.05) is 12.2 Å². The highest BCUT2D eigenvalue weighted by molar-refractivity contribution is 5.64. The number of amides is 1. The van der Waals surface area contributed by atoms with Gasteiger partial charge in [0.1, 0.15) is 6.10 Å². The lowest BCUT2D eigenvalue weighted by atomic mass is 10.0. The first kappa shape index (κ1) is 9.10. The maximum Gasteiger partial charge on any atom is 0.404 e. The van der Waals surface area contributed by atoms with Crippen LogP contribution in [0.25, 0.3) is 0 Å². The molecule has 0 radical (unpaired) electrons. The molecule has 3 nitrogen and oxygen atoms in total. The Morgan fingerprint density at radius 3 is 2.83 bits per heavy atom. The Bertz CT molecular complexity index is 177. The summed E-state index contributed by atoms with van der Waals surface area (Å²) in [6.45, 7) is 0. The maximum atomic E-state index is 10.4. The highest BCUT2D eigenvalue weighted by Gasteiger charge is 2.11. The molecular formula is C9H15NO2. The van der Waals surface area contributed by atoms with Gasteiger partial charge in [0.15, 0.2) is 0 Å². The molecule has 68 valence electrons. The molecule has 0 aromatic carbocycles. The average Bonchev–Trinajstić information content (AvgIpc) is 1.93. The van der Waals surface area contributed by atoms with E-state index in [9.17, 15) is 4.79 Å². The second-order valence-electron chi connectivity index (χ2n) is 3.04. The van der Waals surface area contributed by atoms with Gasteiger partial charge in [-0.3, -0.25) is 0 Å². The molecule has 12 heavy (non-hydrogen) atoms. The van der Waals surface area contributed by atoms with Crippen molar-refractivity contribution in [2.45, 2.75) is 38.2 Å². The first-order valence-corrected chi connectivity index (χ1v) is 4.40. The molecular weight excluding hydrogens is 154 g/mol. The third-order valence-corrected chi connectivity index (χ3v) is 2.00. The summed E-state index contributed by atoms with van der Waals surface area (Å²) in [6, 6.07) is 0. The SMILES string of the molecule is NC(=O)OC1CC/C=C/CCC1. The van der Waals surface area contributed by atoms with Crippen molar-refractivity contribution in [2.24, 2.45) is 5.73 Å². The van der Waals surface area contributed by atoms with E-state index in [-0.39, 0.29) is 6.10 Å². The van der Waals surface area contributed by atoms with E-state index in [1.165, 1.54) is 0 Å². The number of carbonyl (C=O) groups is 1. The first-order valence-electron chi connectivity index (χ1n) is 4.40. The van der Waals surface area contributed by atoms with Crippen molar-refractivity contribution in [3.63, 3.8) is 0 Å². The Kier molecular flexibility index (Phi) is 3.64. The van der Waals surface area contributed by atoms with Gasteiger partial charge in [-0.15, -0.1) is 0 Å². The number of hydrogen-bond donors (Lipinski definition) is 1. The van der Waals surface area contributed by atoms with Crippen LogP contribution in [0.15, 0.2) is 12.2 Å².